The van der Waals surface area contributed by atoms with Crippen molar-refractivity contribution in [3.63, 3.8) is 0 Å². The molecule has 2 heterocycles. The predicted octanol–water partition coefficient (Wildman–Crippen LogP) is 2.02. The zero-order valence-electron chi connectivity index (χ0n) is 33.3. The van der Waals surface area contributed by atoms with E-state index in [0.717, 1.165) is 55.2 Å². The number of hydrogen-bond donors (Lipinski definition) is 6. The highest BCUT2D eigenvalue weighted by atomic mass is 16.4. The highest BCUT2D eigenvalue weighted by molar-refractivity contribution is 6.28. The second-order valence-corrected chi connectivity index (χ2v) is 17.9. The van der Waals surface area contributed by atoms with E-state index >= 15 is 0 Å². The maximum atomic E-state index is 14.6. The quantitative estimate of drug-likeness (QED) is 0.0512. The van der Waals surface area contributed by atoms with Crippen molar-refractivity contribution < 1.29 is 39.1 Å². The molecule has 4 rings (SSSR count). The molecule has 0 bridgehead atoms. The molecule has 0 aromatic rings. The van der Waals surface area contributed by atoms with Crippen LogP contribution in [-0.4, -0.2) is 94.0 Å². The van der Waals surface area contributed by atoms with Gasteiger partial charge in [-0.25, -0.2) is 4.79 Å². The van der Waals surface area contributed by atoms with Crippen LogP contribution in [-0.2, 0) is 24.0 Å². The molecule has 0 radical (unpaired) electrons. The molecule has 298 valence electrons. The third-order valence-electron chi connectivity index (χ3n) is 11.7. The molecule has 1 saturated heterocycles. The van der Waals surface area contributed by atoms with Gasteiger partial charge in [0, 0.05) is 12.1 Å². The van der Waals surface area contributed by atoms with Crippen LogP contribution in [0, 0.1) is 28.6 Å². The van der Waals surface area contributed by atoms with Gasteiger partial charge >= 0.3 is 6.03 Å². The summed E-state index contributed by atoms with van der Waals surface area (Å²) in [6.45, 7) is 18.9. The Balaban J connectivity index is 1.56. The molecule has 14 heteroatoms. The van der Waals surface area contributed by atoms with Gasteiger partial charge in [-0.1, -0.05) is 92.9 Å². The summed E-state index contributed by atoms with van der Waals surface area (Å²) < 4.78 is 0. The SMILES string of the molecule is C=CC1=C(/C=[NH+]/O)C(=O)N(C[C@@H](NC(=O)N[C@H](C(=O)N2C[C@H](C(C)C)C[C@H]2C(=O)NC(CC2CCC2)C(C(N)=O)=C2CCC2)C(C)(C)C)C(C)(C)C)C1=O. The molecule has 5 atom stereocenters. The summed E-state index contributed by atoms with van der Waals surface area (Å²) in [5.41, 5.74) is 5.95. The number of nitrogens with one attached hydrogen (secondary N) is 4. The van der Waals surface area contributed by atoms with Gasteiger partial charge in [0.1, 0.15) is 17.7 Å². The van der Waals surface area contributed by atoms with Gasteiger partial charge in [0.15, 0.2) is 0 Å². The number of carbonyl (C=O) groups is 6. The lowest BCUT2D eigenvalue weighted by atomic mass is 9.76. The Morgan fingerprint density at radius 2 is 1.59 bits per heavy atom. The van der Waals surface area contributed by atoms with Crippen LogP contribution in [0.3, 0.4) is 0 Å². The van der Waals surface area contributed by atoms with Crippen molar-refractivity contribution in [2.75, 3.05) is 13.1 Å². The monoisotopic (exact) mass is 752 g/mol. The number of primary amides is 1. The summed E-state index contributed by atoms with van der Waals surface area (Å²) in [6.07, 6.45) is 9.04. The minimum absolute atomic E-state index is 0.0147. The van der Waals surface area contributed by atoms with Crippen LogP contribution in [0.2, 0.25) is 0 Å². The Bertz CT molecular complexity index is 1610. The molecule has 0 aromatic carbocycles. The highest BCUT2D eigenvalue weighted by Gasteiger charge is 2.47. The van der Waals surface area contributed by atoms with E-state index in [2.05, 4.69) is 36.4 Å². The normalized spacial score (nSPS) is 22.6. The van der Waals surface area contributed by atoms with Gasteiger partial charge in [-0.2, -0.15) is 0 Å². The molecule has 7 amide bonds. The number of hydrogen-bond acceptors (Lipinski definition) is 7. The summed E-state index contributed by atoms with van der Waals surface area (Å²) in [5, 5.41) is 19.9. The van der Waals surface area contributed by atoms with Gasteiger partial charge < -0.3 is 26.6 Å². The number of allylic oxidation sites excluding steroid dienone is 1. The van der Waals surface area contributed by atoms with Crippen LogP contribution in [0.15, 0.2) is 34.9 Å². The number of nitrogens with two attached hydrogens (primary N) is 1. The number of urea groups is 1. The smallest absolute Gasteiger partial charge is 0.315 e. The molecule has 1 unspecified atom stereocenters. The van der Waals surface area contributed by atoms with E-state index in [4.69, 9.17) is 5.73 Å². The first kappa shape index (κ1) is 42.3. The molecule has 0 aromatic heterocycles. The zero-order valence-corrected chi connectivity index (χ0v) is 33.3. The van der Waals surface area contributed by atoms with E-state index in [-0.39, 0.29) is 35.4 Å². The van der Waals surface area contributed by atoms with Crippen LogP contribution in [0.1, 0.15) is 107 Å². The minimum Gasteiger partial charge on any atom is -0.366 e. The van der Waals surface area contributed by atoms with Crippen molar-refractivity contribution in [1.29, 1.82) is 0 Å². The maximum Gasteiger partial charge on any atom is 0.315 e. The summed E-state index contributed by atoms with van der Waals surface area (Å²) in [5.74, 6) is -1.93. The summed E-state index contributed by atoms with van der Waals surface area (Å²) in [6, 6.07) is -3.82. The molecular weight excluding hydrogens is 690 g/mol. The van der Waals surface area contributed by atoms with E-state index in [1.54, 1.807) is 10.1 Å². The van der Waals surface area contributed by atoms with Crippen molar-refractivity contribution >= 4 is 41.8 Å². The molecule has 54 heavy (non-hydrogen) atoms. The lowest BCUT2D eigenvalue weighted by molar-refractivity contribution is -0.733. The highest BCUT2D eigenvalue weighted by Crippen LogP contribution is 2.37. The Morgan fingerprint density at radius 1 is 0.963 bits per heavy atom. The van der Waals surface area contributed by atoms with E-state index in [0.29, 0.717) is 30.9 Å². The molecule has 4 aliphatic rings. The molecule has 7 N–H and O–H groups in total. The fourth-order valence-corrected chi connectivity index (χ4v) is 7.68. The largest absolute Gasteiger partial charge is 0.366 e. The van der Waals surface area contributed by atoms with Crippen molar-refractivity contribution in [1.82, 2.24) is 25.8 Å². The fourth-order valence-electron chi connectivity index (χ4n) is 7.68. The van der Waals surface area contributed by atoms with Gasteiger partial charge in [0.25, 0.3) is 11.8 Å². The number of rotatable bonds is 14. The molecule has 2 saturated carbocycles. The van der Waals surface area contributed by atoms with Crippen molar-refractivity contribution in [3.05, 3.63) is 34.9 Å². The van der Waals surface area contributed by atoms with E-state index in [1.807, 2.05) is 41.5 Å². The Hall–Kier alpha value is -4.49. The topological polar surface area (TPSA) is 205 Å². The number of likely N-dealkylation sites (tertiary alicyclic amines) is 1. The maximum absolute atomic E-state index is 14.6. The lowest BCUT2D eigenvalue weighted by Crippen LogP contribution is -2.64. The minimum atomic E-state index is -1.05. The lowest BCUT2D eigenvalue weighted by Gasteiger charge is -2.38. The van der Waals surface area contributed by atoms with Crippen LogP contribution in [0.4, 0.5) is 4.79 Å². The fraction of sp³-hybridized carbons (Fsp3) is 0.675. The van der Waals surface area contributed by atoms with Gasteiger partial charge in [-0.15, -0.1) is 0 Å². The first-order valence-electron chi connectivity index (χ1n) is 19.3. The van der Waals surface area contributed by atoms with Crippen LogP contribution >= 0.6 is 0 Å². The zero-order chi connectivity index (χ0) is 40.3. The van der Waals surface area contributed by atoms with Crippen molar-refractivity contribution in [2.45, 2.75) is 131 Å². The second-order valence-electron chi connectivity index (χ2n) is 17.9. The molecule has 2 aliphatic heterocycles. The number of nitrogens with zero attached hydrogens (tertiary/aromatic N) is 2. The van der Waals surface area contributed by atoms with Gasteiger partial charge in [0.2, 0.25) is 23.9 Å². The molecule has 3 fully saturated rings. The number of carbonyl (C=O) groups excluding carboxylic acids is 6. The van der Waals surface area contributed by atoms with Gasteiger partial charge in [-0.3, -0.25) is 34.1 Å². The van der Waals surface area contributed by atoms with Crippen LogP contribution in [0.25, 0.3) is 0 Å². The predicted molar refractivity (Wildman–Crippen MR) is 203 cm³/mol. The van der Waals surface area contributed by atoms with Crippen LogP contribution in [0.5, 0.6) is 0 Å². The summed E-state index contributed by atoms with van der Waals surface area (Å²) in [4.78, 5) is 84.4. The third-order valence-corrected chi connectivity index (χ3v) is 11.7. The first-order valence-corrected chi connectivity index (χ1v) is 19.3. The molecule has 0 spiro atoms. The Labute approximate surface area is 319 Å². The Kier molecular flexibility index (Phi) is 13.2. The van der Waals surface area contributed by atoms with Gasteiger partial charge in [-0.05, 0) is 65.8 Å². The van der Waals surface area contributed by atoms with Crippen molar-refractivity contribution in [3.8, 4) is 0 Å². The number of amides is 7. The average molecular weight is 753 g/mol. The number of imide groups is 1. The van der Waals surface area contributed by atoms with E-state index in [1.165, 1.54) is 6.08 Å². The van der Waals surface area contributed by atoms with E-state index < -0.39 is 64.7 Å². The summed E-state index contributed by atoms with van der Waals surface area (Å²) >= 11 is 0. The summed E-state index contributed by atoms with van der Waals surface area (Å²) in [7, 11) is 0. The molecule has 14 nitrogen and oxygen atoms in total. The van der Waals surface area contributed by atoms with Crippen molar-refractivity contribution in [2.24, 2.45) is 34.3 Å². The first-order chi connectivity index (χ1) is 25.2. The third kappa shape index (κ3) is 9.41. The second kappa shape index (κ2) is 16.9. The average Bonchev–Trinajstić information content (AvgIpc) is 3.57. The standard InChI is InChI=1S/C40H61N7O7/c1-10-26-27(19-42-54)36(51)47(35(26)50)21-30(39(4,5)6)44-38(53)45-32(40(7,8)9)37(52)46-20-25(22(2)3)18-29(46)34(49)43-28(17-23-13-11-14-23)31(33(41)48)24-15-12-16-24/h10,19,22-23,25,28-30,32,54H,1,11-18,20-21H2,2-9H3,(H2,41,48)(H,43,49)(H2,44,45,53)/p+1/b42-19+/t25-,28?,29+,30-,32-/m1/s1. The van der Waals surface area contributed by atoms with Crippen LogP contribution < -0.4 is 26.8 Å². The van der Waals surface area contributed by atoms with Gasteiger partial charge in [0.05, 0.1) is 24.2 Å². The molecular formula is C40H62N7O7+. The van der Waals surface area contributed by atoms with E-state index in [9.17, 15) is 34.0 Å². The Morgan fingerprint density at radius 3 is 2.06 bits per heavy atom. The molecule has 2 aliphatic carbocycles.